The van der Waals surface area contributed by atoms with E-state index in [-0.39, 0.29) is 60.6 Å². The zero-order valence-electron chi connectivity index (χ0n) is 48.7. The Balaban J connectivity index is 0.00000785. The maximum Gasteiger partial charge on any atom is 0.200 e. The molecule has 90 heavy (non-hydrogen) atoms. The van der Waals surface area contributed by atoms with Crippen molar-refractivity contribution in [3.63, 3.8) is 0 Å². The second-order valence-electron chi connectivity index (χ2n) is 23.7. The van der Waals surface area contributed by atoms with Crippen LogP contribution in [0.5, 0.6) is 11.5 Å². The van der Waals surface area contributed by atoms with Crippen molar-refractivity contribution < 1.29 is 69.7 Å². The minimum Gasteiger partial charge on any atom is -0.509 e. The summed E-state index contributed by atoms with van der Waals surface area (Å²) in [5, 5.41) is 1.79. The monoisotopic (exact) mass is 1390 g/mol. The SMILES string of the molecule is CC(C)(C)c1ccnc(-n2c3[c-]c(Oc4[c-]c(N5[CH-]N(c6c(-c7c(F)c(F)c(F)c(F)c7F)cc(C(C)(C)C)cc6-c6c(F)c(F)c(F)c(F)c6F)c6ccccc65)cc(-c5c(-c6ccccc6)cccc5-c5ccccc5)c4)ccc3c3ccccc32)c1.[Pt]. The Labute approximate surface area is 526 Å². The molecule has 12 aromatic rings. The van der Waals surface area contributed by atoms with Gasteiger partial charge in [-0.15, -0.1) is 53.6 Å². The molecule has 2 aromatic heterocycles. The number of anilines is 4. The molecule has 0 amide bonds. The fourth-order valence-corrected chi connectivity index (χ4v) is 11.6. The number of nitrogens with zero attached hydrogens (tertiary/aromatic N) is 4. The molecule has 0 unspecified atom stereocenters. The van der Waals surface area contributed by atoms with Crippen LogP contribution in [0.1, 0.15) is 52.7 Å². The normalized spacial score (nSPS) is 12.5. The Kier molecular flexibility index (Phi) is 15.6. The first-order chi connectivity index (χ1) is 42.6. The van der Waals surface area contributed by atoms with Crippen molar-refractivity contribution >= 4 is 44.6 Å². The summed E-state index contributed by atoms with van der Waals surface area (Å²) in [5.41, 5.74) is 0.613. The van der Waals surface area contributed by atoms with Gasteiger partial charge in [-0.3, -0.25) is 0 Å². The Bertz CT molecular complexity index is 4640. The summed E-state index contributed by atoms with van der Waals surface area (Å²) in [6, 6.07) is 59.7. The average molecular weight is 1400 g/mol. The van der Waals surface area contributed by atoms with Gasteiger partial charge in [0.2, 0.25) is 11.6 Å². The molecule has 454 valence electrons. The van der Waals surface area contributed by atoms with Crippen molar-refractivity contribution in [3.8, 4) is 73.0 Å². The molecule has 0 bridgehead atoms. The van der Waals surface area contributed by atoms with Gasteiger partial charge in [0, 0.05) is 72.5 Å². The zero-order valence-corrected chi connectivity index (χ0v) is 51.0. The van der Waals surface area contributed by atoms with Gasteiger partial charge in [-0.2, -0.15) is 6.07 Å². The van der Waals surface area contributed by atoms with E-state index in [4.69, 9.17) is 9.72 Å². The number of hydrogen-bond acceptors (Lipinski definition) is 4. The molecule has 0 aliphatic carbocycles. The van der Waals surface area contributed by atoms with Crippen molar-refractivity contribution in [3.05, 3.63) is 270 Å². The number of halogens is 10. The maximum absolute atomic E-state index is 16.6. The van der Waals surface area contributed by atoms with E-state index >= 15 is 35.1 Å². The van der Waals surface area contributed by atoms with Crippen molar-refractivity contribution in [1.29, 1.82) is 0 Å². The van der Waals surface area contributed by atoms with E-state index in [0.717, 1.165) is 66.7 Å². The van der Waals surface area contributed by atoms with Crippen LogP contribution in [0.4, 0.5) is 66.7 Å². The molecule has 5 nitrogen and oxygen atoms in total. The van der Waals surface area contributed by atoms with Crippen LogP contribution in [0.15, 0.2) is 182 Å². The quantitative estimate of drug-likeness (QED) is 0.0591. The largest absolute Gasteiger partial charge is 0.509 e. The van der Waals surface area contributed by atoms with Crippen molar-refractivity contribution in [2.24, 2.45) is 0 Å². The predicted molar refractivity (Wildman–Crippen MR) is 328 cm³/mol. The van der Waals surface area contributed by atoms with Crippen molar-refractivity contribution in [2.45, 2.75) is 52.4 Å². The molecule has 3 heterocycles. The van der Waals surface area contributed by atoms with Gasteiger partial charge in [-0.05, 0) is 97.6 Å². The average Bonchev–Trinajstić information content (AvgIpc) is 1.34. The van der Waals surface area contributed by atoms with E-state index in [1.165, 1.54) is 12.7 Å². The van der Waals surface area contributed by atoms with Crippen LogP contribution < -0.4 is 14.5 Å². The molecule has 10 aromatic carbocycles. The number of rotatable bonds is 10. The summed E-state index contributed by atoms with van der Waals surface area (Å²) in [6.45, 7) is 12.3. The van der Waals surface area contributed by atoms with E-state index in [1.807, 2.05) is 126 Å². The van der Waals surface area contributed by atoms with Gasteiger partial charge in [-0.1, -0.05) is 156 Å². The third-order valence-corrected chi connectivity index (χ3v) is 16.0. The molecular formula is C74H49F10N4OPt-3. The molecular weight excluding hydrogens is 1350 g/mol. The number of para-hydroxylation sites is 3. The van der Waals surface area contributed by atoms with Crippen molar-refractivity contribution in [1.82, 2.24) is 9.55 Å². The first kappa shape index (κ1) is 60.8. The molecule has 0 N–H and O–H groups in total. The number of pyridine rings is 1. The number of benzene rings is 10. The van der Waals surface area contributed by atoms with E-state index in [1.54, 1.807) is 68.3 Å². The van der Waals surface area contributed by atoms with Gasteiger partial charge in [-0.25, -0.2) is 48.9 Å². The zero-order chi connectivity index (χ0) is 62.5. The van der Waals surface area contributed by atoms with Gasteiger partial charge in [0.05, 0.1) is 11.1 Å². The van der Waals surface area contributed by atoms with Crippen LogP contribution >= 0.6 is 0 Å². The van der Waals surface area contributed by atoms with Gasteiger partial charge >= 0.3 is 0 Å². The first-order valence-corrected chi connectivity index (χ1v) is 28.3. The van der Waals surface area contributed by atoms with E-state index in [0.29, 0.717) is 16.9 Å². The van der Waals surface area contributed by atoms with Crippen LogP contribution in [0, 0.1) is 77.0 Å². The second kappa shape index (κ2) is 23.2. The van der Waals surface area contributed by atoms with E-state index in [2.05, 4.69) is 32.9 Å². The third-order valence-electron chi connectivity index (χ3n) is 16.0. The van der Waals surface area contributed by atoms with E-state index in [9.17, 15) is 8.78 Å². The number of fused-ring (bicyclic) bond motifs is 4. The molecule has 0 radical (unpaired) electrons. The summed E-state index contributed by atoms with van der Waals surface area (Å²) < 4.78 is 168. The second-order valence-corrected chi connectivity index (χ2v) is 23.7. The van der Waals surface area contributed by atoms with Gasteiger partial charge < -0.3 is 19.1 Å². The van der Waals surface area contributed by atoms with Gasteiger partial charge in [0.15, 0.2) is 46.5 Å². The fourth-order valence-electron chi connectivity index (χ4n) is 11.6. The Morgan fingerprint density at radius 2 is 0.911 bits per heavy atom. The number of hydrogen-bond donors (Lipinski definition) is 0. The maximum atomic E-state index is 16.6. The molecule has 0 saturated carbocycles. The molecule has 0 atom stereocenters. The molecule has 1 aliphatic rings. The summed E-state index contributed by atoms with van der Waals surface area (Å²) in [4.78, 5) is 7.52. The van der Waals surface area contributed by atoms with Crippen LogP contribution in [0.2, 0.25) is 0 Å². The smallest absolute Gasteiger partial charge is 0.200 e. The Morgan fingerprint density at radius 1 is 0.411 bits per heavy atom. The third kappa shape index (κ3) is 10.4. The molecule has 0 saturated heterocycles. The minimum atomic E-state index is -2.50. The van der Waals surface area contributed by atoms with Gasteiger partial charge in [0.25, 0.3) is 0 Å². The minimum absolute atomic E-state index is 0. The Hall–Kier alpha value is -9.46. The standard InChI is InChI=1S/C74H49F10N4O.Pt/c1-73(2,3)43-30-31-85-58(36-43)88-54-25-14-13-22-50(54)51-29-28-46(38-57(51)88)89-47-33-42(59-48(40-18-9-7-10-19-40)23-17-24-49(59)41-20-11-8-12-21-41)32-45(37-47)86-39-87(56-27-16-15-26-55(56)86)72-52(60-62(75)66(79)70(83)67(80)63(60)76)34-44(74(4,5)6)35-53(72)61-64(77)68(81)71(84)69(82)65(61)78;/h7-36,39H,1-6H3;/q-3;. The van der Waals surface area contributed by atoms with Crippen LogP contribution in [0.25, 0.3) is 83.3 Å². The molecule has 1 aliphatic heterocycles. The molecule has 0 fully saturated rings. The van der Waals surface area contributed by atoms with Crippen LogP contribution in [0.3, 0.4) is 0 Å². The molecule has 13 rings (SSSR count). The van der Waals surface area contributed by atoms with E-state index < -0.39 is 91.5 Å². The van der Waals surface area contributed by atoms with Crippen LogP contribution in [-0.4, -0.2) is 9.55 Å². The molecule has 0 spiro atoms. The summed E-state index contributed by atoms with van der Waals surface area (Å²) in [5.74, 6) is -22.7. The summed E-state index contributed by atoms with van der Waals surface area (Å²) in [7, 11) is 0. The summed E-state index contributed by atoms with van der Waals surface area (Å²) in [6.07, 6.45) is 1.77. The van der Waals surface area contributed by atoms with Crippen molar-refractivity contribution in [2.75, 3.05) is 9.80 Å². The number of aromatic nitrogens is 2. The predicted octanol–water partition coefficient (Wildman–Crippen LogP) is 21.3. The fraction of sp³-hybridized carbons (Fsp3) is 0.108. The van der Waals surface area contributed by atoms with Gasteiger partial charge in [0.1, 0.15) is 5.82 Å². The summed E-state index contributed by atoms with van der Waals surface area (Å²) >= 11 is 0. The number of ether oxygens (including phenoxy) is 1. The Morgan fingerprint density at radius 3 is 1.46 bits per heavy atom. The van der Waals surface area contributed by atoms with Crippen LogP contribution in [-0.2, 0) is 31.9 Å². The first-order valence-electron chi connectivity index (χ1n) is 28.3. The topological polar surface area (TPSA) is 33.5 Å². The molecule has 16 heteroatoms.